The first-order valence-corrected chi connectivity index (χ1v) is 10.1. The van der Waals surface area contributed by atoms with Crippen molar-refractivity contribution in [2.45, 2.75) is 78.5 Å². The summed E-state index contributed by atoms with van der Waals surface area (Å²) in [6.07, 6.45) is 2.65. The quantitative estimate of drug-likeness (QED) is 0.738. The molecule has 0 saturated carbocycles. The third-order valence-corrected chi connectivity index (χ3v) is 5.67. The lowest BCUT2D eigenvalue weighted by atomic mass is 9.66. The zero-order valence-corrected chi connectivity index (χ0v) is 17.7. The third-order valence-electron chi connectivity index (χ3n) is 5.67. The average Bonchev–Trinajstić information content (AvgIpc) is 2.93. The summed E-state index contributed by atoms with van der Waals surface area (Å²) in [5.41, 5.74) is 2.03. The van der Waals surface area contributed by atoms with Gasteiger partial charge < -0.3 is 9.64 Å². The van der Waals surface area contributed by atoms with Crippen LogP contribution in [0.15, 0.2) is 4.99 Å². The van der Waals surface area contributed by atoms with E-state index < -0.39 is 5.60 Å². The highest BCUT2D eigenvalue weighted by Gasteiger charge is 2.45. The molecule has 1 aromatic heterocycles. The number of hydrogen-bond acceptors (Lipinski definition) is 5. The van der Waals surface area contributed by atoms with Crippen molar-refractivity contribution in [3.63, 3.8) is 0 Å². The zero-order valence-electron chi connectivity index (χ0n) is 17.7. The number of ketones is 1. The minimum atomic E-state index is -0.500. The first-order valence-electron chi connectivity index (χ1n) is 10.1. The van der Waals surface area contributed by atoms with Gasteiger partial charge in [-0.3, -0.25) is 14.5 Å². The smallest absolute Gasteiger partial charge is 0.410 e. The van der Waals surface area contributed by atoms with E-state index >= 15 is 0 Å². The minimum Gasteiger partial charge on any atom is -0.444 e. The monoisotopic (exact) mass is 388 g/mol. The lowest BCUT2D eigenvalue weighted by Crippen LogP contribution is -2.47. The topological polar surface area (TPSA) is 76.8 Å². The van der Waals surface area contributed by atoms with Crippen LogP contribution in [0.25, 0.3) is 0 Å². The summed E-state index contributed by atoms with van der Waals surface area (Å²) < 4.78 is 7.35. The van der Waals surface area contributed by atoms with Crippen molar-refractivity contribution in [1.82, 2.24) is 14.7 Å². The fourth-order valence-electron chi connectivity index (χ4n) is 4.31. The molecule has 0 bridgehead atoms. The van der Waals surface area contributed by atoms with Crippen molar-refractivity contribution >= 4 is 18.6 Å². The van der Waals surface area contributed by atoms with E-state index in [0.717, 1.165) is 36.2 Å². The van der Waals surface area contributed by atoms with Crippen molar-refractivity contribution < 1.29 is 14.3 Å². The predicted octanol–water partition coefficient (Wildman–Crippen LogP) is 3.81. The average molecular weight is 389 g/mol. The summed E-state index contributed by atoms with van der Waals surface area (Å²) >= 11 is 0. The molecule has 154 valence electrons. The van der Waals surface area contributed by atoms with Crippen LogP contribution in [0.4, 0.5) is 4.79 Å². The molecule has 28 heavy (non-hydrogen) atoms. The van der Waals surface area contributed by atoms with Gasteiger partial charge in [-0.2, -0.15) is 5.10 Å². The van der Waals surface area contributed by atoms with Crippen molar-refractivity contribution in [1.29, 1.82) is 0 Å². The van der Waals surface area contributed by atoms with Crippen LogP contribution in [0.5, 0.6) is 0 Å². The van der Waals surface area contributed by atoms with Crippen LogP contribution in [-0.4, -0.2) is 52.0 Å². The molecule has 0 N–H and O–H groups in total. The number of likely N-dealkylation sites (tertiary alicyclic amines) is 1. The van der Waals surface area contributed by atoms with E-state index in [2.05, 4.69) is 16.8 Å². The lowest BCUT2D eigenvalue weighted by Gasteiger charge is -2.43. The maximum absolute atomic E-state index is 13.1. The Morgan fingerprint density at radius 1 is 1.29 bits per heavy atom. The van der Waals surface area contributed by atoms with Crippen LogP contribution in [0.2, 0.25) is 0 Å². The molecule has 0 atom stereocenters. The number of carbonyl (C=O) groups excluding carboxylic acids is 2. The molecule has 1 aromatic rings. The second-order valence-corrected chi connectivity index (χ2v) is 9.44. The lowest BCUT2D eigenvalue weighted by molar-refractivity contribution is 0.00876. The second kappa shape index (κ2) is 7.33. The fourth-order valence-corrected chi connectivity index (χ4v) is 4.31. The molecule has 1 amide bonds. The summed E-state index contributed by atoms with van der Waals surface area (Å²) in [7, 11) is 0. The van der Waals surface area contributed by atoms with Crippen molar-refractivity contribution in [3.05, 3.63) is 17.0 Å². The van der Waals surface area contributed by atoms with Gasteiger partial charge in [-0.25, -0.2) is 4.79 Å². The number of aliphatic imine (C=N–C) groups is 1. The predicted molar refractivity (Wildman–Crippen MR) is 108 cm³/mol. The molecule has 7 heteroatoms. The van der Waals surface area contributed by atoms with Crippen LogP contribution in [0, 0.1) is 5.41 Å². The number of carbonyl (C=O) groups is 2. The van der Waals surface area contributed by atoms with Crippen molar-refractivity contribution in [2.75, 3.05) is 13.1 Å². The Bertz CT molecular complexity index is 780. The Morgan fingerprint density at radius 3 is 2.46 bits per heavy atom. The van der Waals surface area contributed by atoms with E-state index in [1.54, 1.807) is 4.90 Å². The van der Waals surface area contributed by atoms with Crippen LogP contribution >= 0.6 is 0 Å². The van der Waals surface area contributed by atoms with Crippen molar-refractivity contribution in [3.8, 4) is 0 Å². The highest BCUT2D eigenvalue weighted by atomic mass is 16.6. The van der Waals surface area contributed by atoms with Gasteiger partial charge >= 0.3 is 6.09 Å². The number of Topliss-reactive ketones (excluding diaryl/α,β-unsaturated/α-hetero) is 1. The number of hydrogen-bond donors (Lipinski definition) is 0. The molecule has 0 aromatic carbocycles. The number of piperidine rings is 1. The van der Waals surface area contributed by atoms with Crippen molar-refractivity contribution in [2.24, 2.45) is 10.4 Å². The van der Waals surface area contributed by atoms with E-state index in [1.165, 1.54) is 0 Å². The van der Waals surface area contributed by atoms with Crippen LogP contribution in [-0.2, 0) is 17.7 Å². The van der Waals surface area contributed by atoms with E-state index in [1.807, 2.05) is 39.3 Å². The fraction of sp³-hybridized carbons (Fsp3) is 0.714. The molecule has 1 spiro atoms. The van der Waals surface area contributed by atoms with Crippen LogP contribution in [0.3, 0.4) is 0 Å². The molecule has 1 fully saturated rings. The highest BCUT2D eigenvalue weighted by molar-refractivity contribution is 5.98. The Balaban J connectivity index is 1.80. The van der Waals surface area contributed by atoms with E-state index in [0.29, 0.717) is 26.1 Å². The Morgan fingerprint density at radius 2 is 1.93 bits per heavy atom. The summed E-state index contributed by atoms with van der Waals surface area (Å²) in [4.78, 5) is 31.2. The minimum absolute atomic E-state index is 0.108. The Kier molecular flexibility index (Phi) is 5.38. The van der Waals surface area contributed by atoms with Gasteiger partial charge in [0.25, 0.3) is 0 Å². The maximum Gasteiger partial charge on any atom is 0.410 e. The van der Waals surface area contributed by atoms with Gasteiger partial charge in [0.1, 0.15) is 11.3 Å². The van der Waals surface area contributed by atoms with Gasteiger partial charge in [0.15, 0.2) is 5.78 Å². The first-order chi connectivity index (χ1) is 13.1. The van der Waals surface area contributed by atoms with Crippen LogP contribution < -0.4 is 0 Å². The summed E-state index contributed by atoms with van der Waals surface area (Å²) in [5, 5.41) is 4.67. The molecule has 7 nitrogen and oxygen atoms in total. The molecule has 2 aliphatic rings. The first kappa shape index (κ1) is 20.6. The summed E-state index contributed by atoms with van der Waals surface area (Å²) in [6.45, 7) is 15.0. The molecular formula is C21H32N4O3. The molecule has 2 heterocycles. The van der Waals surface area contributed by atoms with E-state index in [9.17, 15) is 9.59 Å². The highest BCUT2D eigenvalue weighted by Crippen LogP contribution is 2.45. The number of rotatable bonds is 3. The number of nitrogens with zero attached hydrogens (tertiary/aromatic N) is 4. The SMILES string of the molecule is C=NCc1nn(C(C)C)c2c1CC1(CCN(C(=O)OC(C)(C)C)CC1)CC2=O. The molecule has 1 saturated heterocycles. The Hall–Kier alpha value is -2.18. The summed E-state index contributed by atoms with van der Waals surface area (Å²) in [6, 6.07) is 0.124. The molecule has 1 aliphatic carbocycles. The number of amides is 1. The van der Waals surface area contributed by atoms with Gasteiger partial charge in [-0.05, 0) is 66.0 Å². The van der Waals surface area contributed by atoms with E-state index in [-0.39, 0.29) is 23.3 Å². The second-order valence-electron chi connectivity index (χ2n) is 9.44. The molecule has 0 unspecified atom stereocenters. The number of aromatic nitrogens is 2. The van der Waals surface area contributed by atoms with Crippen LogP contribution in [0.1, 0.15) is 81.7 Å². The molecular weight excluding hydrogens is 356 g/mol. The number of fused-ring (bicyclic) bond motifs is 1. The Labute approximate surface area is 167 Å². The van der Waals surface area contributed by atoms with Gasteiger partial charge in [-0.15, -0.1) is 0 Å². The molecule has 0 radical (unpaired) electrons. The number of ether oxygens (including phenoxy) is 1. The largest absolute Gasteiger partial charge is 0.444 e. The maximum atomic E-state index is 13.1. The third kappa shape index (κ3) is 3.98. The van der Waals surface area contributed by atoms with E-state index in [4.69, 9.17) is 4.74 Å². The van der Waals surface area contributed by atoms with Gasteiger partial charge in [-0.1, -0.05) is 0 Å². The van der Waals surface area contributed by atoms with Gasteiger partial charge in [0.2, 0.25) is 0 Å². The summed E-state index contributed by atoms with van der Waals surface area (Å²) in [5.74, 6) is 0.156. The van der Waals surface area contributed by atoms with Gasteiger partial charge in [0.05, 0.1) is 12.2 Å². The normalized spacial score (nSPS) is 19.1. The molecule has 3 rings (SSSR count). The molecule has 1 aliphatic heterocycles. The van der Waals surface area contributed by atoms with Gasteiger partial charge in [0, 0.05) is 31.1 Å². The zero-order chi connectivity index (χ0) is 20.7. The standard InChI is InChI=1S/C21H32N4O3/c1-14(2)25-18-15(16(23-25)13-22-6)11-21(12-17(18)26)7-9-24(10-8-21)19(27)28-20(3,4)5/h14H,6-13H2,1-5H3.